The highest BCUT2D eigenvalue weighted by Crippen LogP contribution is 2.31. The van der Waals surface area contributed by atoms with Crippen LogP contribution in [-0.2, 0) is 32.6 Å². The van der Waals surface area contributed by atoms with Gasteiger partial charge in [0, 0.05) is 19.0 Å². The van der Waals surface area contributed by atoms with Gasteiger partial charge >= 0.3 is 0 Å². The molecule has 2 amide bonds. The van der Waals surface area contributed by atoms with Gasteiger partial charge < -0.3 is 10.2 Å². The van der Waals surface area contributed by atoms with Gasteiger partial charge in [0.2, 0.25) is 11.8 Å². The van der Waals surface area contributed by atoms with E-state index in [-0.39, 0.29) is 45.5 Å². The third-order valence-corrected chi connectivity index (χ3v) is 10.0. The van der Waals surface area contributed by atoms with Crippen LogP contribution >= 0.6 is 23.2 Å². The fourth-order valence-corrected chi connectivity index (χ4v) is 6.61. The molecular weight excluding hydrogens is 629 g/mol. The molecule has 0 radical (unpaired) electrons. The van der Waals surface area contributed by atoms with Gasteiger partial charge in [0.1, 0.15) is 12.6 Å². The first-order valence-corrected chi connectivity index (χ1v) is 16.9. The van der Waals surface area contributed by atoms with Gasteiger partial charge in [-0.3, -0.25) is 13.9 Å². The number of carbonyl (C=O) groups is 2. The summed E-state index contributed by atoms with van der Waals surface area (Å²) in [5.41, 5.74) is 2.83. The molecule has 45 heavy (non-hydrogen) atoms. The zero-order chi connectivity index (χ0) is 32.6. The monoisotopic (exact) mass is 665 g/mol. The fraction of sp³-hybridized carbons (Fsp3) is 0.257. The quantitative estimate of drug-likeness (QED) is 0.166. The summed E-state index contributed by atoms with van der Waals surface area (Å²) in [7, 11) is -4.24. The van der Waals surface area contributed by atoms with E-state index in [0.717, 1.165) is 21.0 Å². The number of rotatable bonds is 13. The fourth-order valence-electron chi connectivity index (χ4n) is 4.89. The molecule has 0 unspecified atom stereocenters. The number of halogens is 2. The lowest BCUT2D eigenvalue weighted by Crippen LogP contribution is -2.54. The van der Waals surface area contributed by atoms with Gasteiger partial charge in [-0.1, -0.05) is 108 Å². The Kier molecular flexibility index (Phi) is 11.7. The van der Waals surface area contributed by atoms with Gasteiger partial charge in [-0.2, -0.15) is 0 Å². The van der Waals surface area contributed by atoms with Crippen LogP contribution < -0.4 is 9.62 Å². The van der Waals surface area contributed by atoms with Crippen molar-refractivity contribution in [2.45, 2.75) is 57.1 Å². The van der Waals surface area contributed by atoms with Crippen LogP contribution in [0.3, 0.4) is 0 Å². The van der Waals surface area contributed by atoms with Crippen molar-refractivity contribution in [1.29, 1.82) is 0 Å². The van der Waals surface area contributed by atoms with Crippen molar-refractivity contribution in [2.75, 3.05) is 10.8 Å². The van der Waals surface area contributed by atoms with Crippen molar-refractivity contribution in [3.05, 3.63) is 130 Å². The number of amides is 2. The number of nitrogens with one attached hydrogen (secondary N) is 1. The van der Waals surface area contributed by atoms with Crippen LogP contribution in [0.1, 0.15) is 37.0 Å². The summed E-state index contributed by atoms with van der Waals surface area (Å²) < 4.78 is 29.2. The number of hydrogen-bond donors (Lipinski definition) is 1. The molecule has 236 valence electrons. The van der Waals surface area contributed by atoms with E-state index in [2.05, 4.69) is 5.32 Å². The minimum Gasteiger partial charge on any atom is -0.352 e. The van der Waals surface area contributed by atoms with Crippen LogP contribution in [0.2, 0.25) is 10.0 Å². The Hall–Kier alpha value is -3.85. The molecule has 0 spiro atoms. The van der Waals surface area contributed by atoms with E-state index in [1.54, 1.807) is 18.2 Å². The molecule has 4 aromatic carbocycles. The minimum absolute atomic E-state index is 0.00413. The Morgan fingerprint density at radius 3 is 2.09 bits per heavy atom. The molecule has 0 fully saturated rings. The smallest absolute Gasteiger partial charge is 0.264 e. The molecular formula is C35H37Cl2N3O4S. The molecule has 7 nitrogen and oxygen atoms in total. The maximum atomic E-state index is 14.5. The van der Waals surface area contributed by atoms with Crippen LogP contribution in [-0.4, -0.2) is 43.8 Å². The van der Waals surface area contributed by atoms with Gasteiger partial charge in [-0.15, -0.1) is 0 Å². The number of hydrogen-bond acceptors (Lipinski definition) is 4. The van der Waals surface area contributed by atoms with Gasteiger partial charge in [-0.25, -0.2) is 8.42 Å². The zero-order valence-electron chi connectivity index (χ0n) is 25.5. The topological polar surface area (TPSA) is 86.8 Å². The molecule has 0 saturated heterocycles. The maximum absolute atomic E-state index is 14.5. The molecule has 4 aromatic rings. The Labute approximate surface area is 275 Å². The number of benzene rings is 4. The number of anilines is 1. The Bertz CT molecular complexity index is 1720. The standard InChI is InChI=1S/C35H37Cl2N3O4S/c1-4-26(3)38-35(42)33(21-27-13-7-5-8-14-27)39(23-28-15-11-12-25(2)20-28)34(41)24-40(29-18-19-31(36)32(37)22-29)45(43,44)30-16-9-6-10-17-30/h5-20,22,26,33H,4,21,23-24H2,1-3H3,(H,38,42)/t26-,33+/m1/s1. The maximum Gasteiger partial charge on any atom is 0.264 e. The van der Waals surface area contributed by atoms with Gasteiger partial charge in [0.25, 0.3) is 10.0 Å². The summed E-state index contributed by atoms with van der Waals surface area (Å²) >= 11 is 12.5. The third-order valence-electron chi connectivity index (χ3n) is 7.51. The number of sulfonamides is 1. The average Bonchev–Trinajstić information content (AvgIpc) is 3.03. The van der Waals surface area contributed by atoms with E-state index < -0.39 is 28.5 Å². The lowest BCUT2D eigenvalue weighted by Gasteiger charge is -2.34. The second kappa shape index (κ2) is 15.4. The first-order chi connectivity index (χ1) is 21.5. The van der Waals surface area contributed by atoms with Crippen LogP contribution in [0.4, 0.5) is 5.69 Å². The van der Waals surface area contributed by atoms with Crippen LogP contribution in [0.15, 0.2) is 108 Å². The van der Waals surface area contributed by atoms with E-state index in [9.17, 15) is 18.0 Å². The molecule has 0 aromatic heterocycles. The molecule has 4 rings (SSSR count). The predicted molar refractivity (Wildman–Crippen MR) is 181 cm³/mol. The Balaban J connectivity index is 1.82. The number of carbonyl (C=O) groups excluding carboxylic acids is 2. The second-order valence-electron chi connectivity index (χ2n) is 11.0. The first kappa shape index (κ1) is 34.0. The molecule has 10 heteroatoms. The molecule has 0 aliphatic heterocycles. The normalized spacial score (nSPS) is 12.6. The highest BCUT2D eigenvalue weighted by Gasteiger charge is 2.35. The lowest BCUT2D eigenvalue weighted by atomic mass is 10.0. The number of aryl methyl sites for hydroxylation is 1. The average molecular weight is 667 g/mol. The molecule has 0 heterocycles. The van der Waals surface area contributed by atoms with Gasteiger partial charge in [0.05, 0.1) is 20.6 Å². The van der Waals surface area contributed by atoms with E-state index in [4.69, 9.17) is 23.2 Å². The zero-order valence-corrected chi connectivity index (χ0v) is 27.8. The van der Waals surface area contributed by atoms with Crippen LogP contribution in [0.5, 0.6) is 0 Å². The predicted octanol–water partition coefficient (Wildman–Crippen LogP) is 7.05. The first-order valence-electron chi connectivity index (χ1n) is 14.7. The summed E-state index contributed by atoms with van der Waals surface area (Å²) in [4.78, 5) is 29.9. The second-order valence-corrected chi connectivity index (χ2v) is 13.6. The van der Waals surface area contributed by atoms with Gasteiger partial charge in [-0.05, 0) is 61.7 Å². The third kappa shape index (κ3) is 8.87. The molecule has 0 saturated carbocycles. The lowest BCUT2D eigenvalue weighted by molar-refractivity contribution is -0.140. The van der Waals surface area contributed by atoms with Crippen LogP contribution in [0.25, 0.3) is 0 Å². The molecule has 0 aliphatic carbocycles. The Morgan fingerprint density at radius 1 is 0.822 bits per heavy atom. The largest absolute Gasteiger partial charge is 0.352 e. The SMILES string of the molecule is CC[C@@H](C)NC(=O)[C@H](Cc1ccccc1)N(Cc1cccc(C)c1)C(=O)CN(c1ccc(Cl)c(Cl)c1)S(=O)(=O)c1ccccc1. The van der Waals surface area contributed by atoms with Crippen molar-refractivity contribution in [2.24, 2.45) is 0 Å². The van der Waals surface area contributed by atoms with E-state index in [0.29, 0.717) is 6.42 Å². The highest BCUT2D eigenvalue weighted by atomic mass is 35.5. The van der Waals surface area contributed by atoms with Gasteiger partial charge in [0.15, 0.2) is 0 Å². The number of nitrogens with zero attached hydrogens (tertiary/aromatic N) is 2. The Morgan fingerprint density at radius 2 is 1.47 bits per heavy atom. The van der Waals surface area contributed by atoms with Crippen molar-refractivity contribution >= 4 is 50.7 Å². The van der Waals surface area contributed by atoms with Crippen molar-refractivity contribution in [1.82, 2.24) is 10.2 Å². The minimum atomic E-state index is -4.24. The summed E-state index contributed by atoms with van der Waals surface area (Å²) in [6.07, 6.45) is 0.939. The molecule has 0 aliphatic rings. The van der Waals surface area contributed by atoms with Crippen LogP contribution in [0, 0.1) is 6.92 Å². The molecule has 1 N–H and O–H groups in total. The summed E-state index contributed by atoms with van der Waals surface area (Å²) in [5, 5.41) is 3.43. The highest BCUT2D eigenvalue weighted by molar-refractivity contribution is 7.92. The van der Waals surface area contributed by atoms with E-state index >= 15 is 0 Å². The van der Waals surface area contributed by atoms with E-state index in [1.807, 2.05) is 75.4 Å². The molecule has 2 atom stereocenters. The van der Waals surface area contributed by atoms with Crippen molar-refractivity contribution in [3.8, 4) is 0 Å². The molecule has 0 bridgehead atoms. The van der Waals surface area contributed by atoms with Crippen molar-refractivity contribution in [3.63, 3.8) is 0 Å². The van der Waals surface area contributed by atoms with E-state index in [1.165, 1.54) is 35.2 Å². The summed E-state index contributed by atoms with van der Waals surface area (Å²) in [5.74, 6) is -0.872. The van der Waals surface area contributed by atoms with Crippen molar-refractivity contribution < 1.29 is 18.0 Å². The summed E-state index contributed by atoms with van der Waals surface area (Å²) in [6, 6.07) is 28.3. The summed E-state index contributed by atoms with van der Waals surface area (Å²) in [6.45, 7) is 5.33.